The van der Waals surface area contributed by atoms with Crippen LogP contribution in [0.5, 0.6) is 5.75 Å². The molecule has 2 saturated heterocycles. The van der Waals surface area contributed by atoms with Gasteiger partial charge in [0.05, 0.1) is 6.10 Å². The number of carbonyl (C=O) groups is 2. The van der Waals surface area contributed by atoms with Crippen molar-refractivity contribution in [2.45, 2.75) is 37.8 Å². The Bertz CT molecular complexity index is 608. The molecule has 0 aliphatic carbocycles. The molecule has 1 aromatic rings. The summed E-state index contributed by atoms with van der Waals surface area (Å²) >= 11 is 0. The highest BCUT2D eigenvalue weighted by molar-refractivity contribution is 5.98. The Kier molecular flexibility index (Phi) is 5.58. The zero-order chi connectivity index (χ0) is 17.8. The first-order chi connectivity index (χ1) is 12.1. The lowest BCUT2D eigenvalue weighted by molar-refractivity contribution is -0.132. The summed E-state index contributed by atoms with van der Waals surface area (Å²) in [5.41, 5.74) is 0.586. The van der Waals surface area contributed by atoms with Crippen molar-refractivity contribution in [3.63, 3.8) is 0 Å². The summed E-state index contributed by atoms with van der Waals surface area (Å²) < 4.78 is 11.3. The molecule has 2 aliphatic heterocycles. The van der Waals surface area contributed by atoms with Crippen molar-refractivity contribution in [1.29, 1.82) is 0 Å². The van der Waals surface area contributed by atoms with Crippen LogP contribution >= 0.6 is 0 Å². The number of ether oxygens (including phenoxy) is 2. The maximum Gasteiger partial charge on any atom is 0.254 e. The molecule has 0 N–H and O–H groups in total. The van der Waals surface area contributed by atoms with E-state index in [0.29, 0.717) is 18.7 Å². The van der Waals surface area contributed by atoms with Gasteiger partial charge in [-0.25, -0.2) is 0 Å². The van der Waals surface area contributed by atoms with Crippen LogP contribution in [0, 0.1) is 0 Å². The highest BCUT2D eigenvalue weighted by atomic mass is 16.5. The largest absolute Gasteiger partial charge is 0.491 e. The first-order valence-corrected chi connectivity index (χ1v) is 8.93. The maximum absolute atomic E-state index is 12.8. The first-order valence-electron chi connectivity index (χ1n) is 8.93. The number of amides is 2. The molecule has 2 aliphatic rings. The number of nitrogens with zero attached hydrogens (tertiary/aromatic N) is 2. The zero-order valence-corrected chi connectivity index (χ0v) is 14.9. The third kappa shape index (κ3) is 4.12. The quantitative estimate of drug-likeness (QED) is 0.817. The Morgan fingerprint density at radius 1 is 1.20 bits per heavy atom. The van der Waals surface area contributed by atoms with E-state index in [0.717, 1.165) is 38.0 Å². The first kappa shape index (κ1) is 17.7. The van der Waals surface area contributed by atoms with Gasteiger partial charge in [-0.2, -0.15) is 0 Å². The minimum absolute atomic E-state index is 0.0117. The second-order valence-corrected chi connectivity index (χ2v) is 6.86. The average Bonchev–Trinajstić information content (AvgIpc) is 3.30. The van der Waals surface area contributed by atoms with E-state index in [9.17, 15) is 9.59 Å². The fraction of sp³-hybridized carbons (Fsp3) is 0.579. The van der Waals surface area contributed by atoms with Gasteiger partial charge < -0.3 is 19.3 Å². The van der Waals surface area contributed by atoms with Gasteiger partial charge in [-0.3, -0.25) is 9.59 Å². The van der Waals surface area contributed by atoms with E-state index >= 15 is 0 Å². The molecule has 2 unspecified atom stereocenters. The summed E-state index contributed by atoms with van der Waals surface area (Å²) in [4.78, 5) is 28.3. The van der Waals surface area contributed by atoms with Gasteiger partial charge in [0.15, 0.2) is 0 Å². The predicted octanol–water partition coefficient (Wildman–Crippen LogP) is 1.94. The molecule has 2 fully saturated rings. The van der Waals surface area contributed by atoms with Crippen LogP contribution in [-0.2, 0) is 9.53 Å². The van der Waals surface area contributed by atoms with Gasteiger partial charge in [0.1, 0.15) is 18.4 Å². The number of likely N-dealkylation sites (N-methyl/N-ethyl adjacent to an activating group) is 1. The van der Waals surface area contributed by atoms with Crippen molar-refractivity contribution < 1.29 is 19.1 Å². The molecule has 0 aromatic heterocycles. The molecule has 136 valence electrons. The van der Waals surface area contributed by atoms with Crippen molar-refractivity contribution in [3.05, 3.63) is 29.8 Å². The standard InChI is InChI=1S/C19H26N2O4/c1-20(2)19(23)17-6-3-11-21(17)18(22)14-7-9-15(10-8-14)25-13-16-5-4-12-24-16/h7-10,16-17H,3-6,11-13H2,1-2H3. The van der Waals surface area contributed by atoms with Crippen LogP contribution < -0.4 is 4.74 Å². The fourth-order valence-electron chi connectivity index (χ4n) is 3.39. The molecule has 0 saturated carbocycles. The normalized spacial score (nSPS) is 22.9. The Morgan fingerprint density at radius 3 is 2.60 bits per heavy atom. The molecule has 0 spiro atoms. The van der Waals surface area contributed by atoms with Crippen molar-refractivity contribution in [2.24, 2.45) is 0 Å². The molecule has 2 heterocycles. The SMILES string of the molecule is CN(C)C(=O)C1CCCN1C(=O)c1ccc(OCC2CCCO2)cc1. The molecule has 6 heteroatoms. The predicted molar refractivity (Wildman–Crippen MR) is 93.7 cm³/mol. The lowest BCUT2D eigenvalue weighted by Crippen LogP contribution is -2.45. The van der Waals surface area contributed by atoms with Gasteiger partial charge in [0.2, 0.25) is 5.91 Å². The van der Waals surface area contributed by atoms with E-state index in [1.54, 1.807) is 48.2 Å². The van der Waals surface area contributed by atoms with E-state index < -0.39 is 0 Å². The second-order valence-electron chi connectivity index (χ2n) is 6.86. The number of benzene rings is 1. The van der Waals surface area contributed by atoms with E-state index in [-0.39, 0.29) is 24.0 Å². The molecule has 0 radical (unpaired) electrons. The van der Waals surface area contributed by atoms with Crippen LogP contribution in [0.25, 0.3) is 0 Å². The minimum Gasteiger partial charge on any atom is -0.491 e. The summed E-state index contributed by atoms with van der Waals surface area (Å²) in [6, 6.07) is 6.80. The van der Waals surface area contributed by atoms with Crippen molar-refractivity contribution in [2.75, 3.05) is 33.9 Å². The number of hydrogen-bond donors (Lipinski definition) is 0. The molecular formula is C19H26N2O4. The monoisotopic (exact) mass is 346 g/mol. The fourth-order valence-corrected chi connectivity index (χ4v) is 3.39. The summed E-state index contributed by atoms with van der Waals surface area (Å²) in [6.07, 6.45) is 3.88. The van der Waals surface area contributed by atoms with Crippen molar-refractivity contribution in [3.8, 4) is 5.75 Å². The van der Waals surface area contributed by atoms with E-state index in [1.807, 2.05) is 0 Å². The number of likely N-dealkylation sites (tertiary alicyclic amines) is 1. The average molecular weight is 346 g/mol. The van der Waals surface area contributed by atoms with E-state index in [1.165, 1.54) is 0 Å². The smallest absolute Gasteiger partial charge is 0.254 e. The summed E-state index contributed by atoms with van der Waals surface area (Å²) in [6.45, 7) is 1.98. The zero-order valence-electron chi connectivity index (χ0n) is 14.9. The summed E-state index contributed by atoms with van der Waals surface area (Å²) in [5, 5.41) is 0. The highest BCUT2D eigenvalue weighted by Crippen LogP contribution is 2.23. The Balaban J connectivity index is 1.60. The molecule has 25 heavy (non-hydrogen) atoms. The molecule has 0 bridgehead atoms. The number of hydrogen-bond acceptors (Lipinski definition) is 4. The molecule has 1 aromatic carbocycles. The minimum atomic E-state index is -0.349. The topological polar surface area (TPSA) is 59.1 Å². The number of rotatable bonds is 5. The summed E-state index contributed by atoms with van der Waals surface area (Å²) in [7, 11) is 3.45. The van der Waals surface area contributed by atoms with Crippen LogP contribution in [-0.4, -0.2) is 67.6 Å². The highest BCUT2D eigenvalue weighted by Gasteiger charge is 2.35. The van der Waals surface area contributed by atoms with Gasteiger partial charge in [-0.1, -0.05) is 0 Å². The van der Waals surface area contributed by atoms with Gasteiger partial charge in [0.25, 0.3) is 5.91 Å². The third-order valence-corrected chi connectivity index (χ3v) is 4.80. The molecular weight excluding hydrogens is 320 g/mol. The van der Waals surface area contributed by atoms with Gasteiger partial charge in [-0.15, -0.1) is 0 Å². The van der Waals surface area contributed by atoms with Gasteiger partial charge >= 0.3 is 0 Å². The molecule has 3 rings (SSSR count). The Hall–Kier alpha value is -2.08. The van der Waals surface area contributed by atoms with Crippen LogP contribution in [0.4, 0.5) is 0 Å². The van der Waals surface area contributed by atoms with Gasteiger partial charge in [0, 0.05) is 32.8 Å². The van der Waals surface area contributed by atoms with Crippen LogP contribution in [0.3, 0.4) is 0 Å². The van der Waals surface area contributed by atoms with Crippen LogP contribution in [0.1, 0.15) is 36.0 Å². The lowest BCUT2D eigenvalue weighted by Gasteiger charge is -2.26. The van der Waals surface area contributed by atoms with E-state index in [2.05, 4.69) is 0 Å². The van der Waals surface area contributed by atoms with Crippen LogP contribution in [0.2, 0.25) is 0 Å². The Morgan fingerprint density at radius 2 is 1.96 bits per heavy atom. The maximum atomic E-state index is 12.8. The van der Waals surface area contributed by atoms with E-state index in [4.69, 9.17) is 9.47 Å². The lowest BCUT2D eigenvalue weighted by atomic mass is 10.1. The third-order valence-electron chi connectivity index (χ3n) is 4.80. The van der Waals surface area contributed by atoms with Crippen molar-refractivity contribution in [1.82, 2.24) is 9.80 Å². The van der Waals surface area contributed by atoms with Crippen LogP contribution in [0.15, 0.2) is 24.3 Å². The molecule has 2 atom stereocenters. The number of carbonyl (C=O) groups excluding carboxylic acids is 2. The second kappa shape index (κ2) is 7.87. The van der Waals surface area contributed by atoms with Crippen molar-refractivity contribution >= 4 is 11.8 Å². The molecule has 2 amide bonds. The Labute approximate surface area is 148 Å². The summed E-state index contributed by atoms with van der Waals surface area (Å²) in [5.74, 6) is 0.625. The molecule has 6 nitrogen and oxygen atoms in total. The van der Waals surface area contributed by atoms with Gasteiger partial charge in [-0.05, 0) is 49.9 Å².